The molecule has 2 heterocycles. The van der Waals surface area contributed by atoms with Gasteiger partial charge < -0.3 is 49.2 Å². The number of amides is 4. The number of hydrogen-bond donors (Lipinski definition) is 2. The van der Waals surface area contributed by atoms with Gasteiger partial charge in [-0.3, -0.25) is 14.4 Å². The SMILES string of the molecule is COc1cc(C(=O)N(C)c2ccc(C)cc2OCCCCCC(=O)N2CCN(C)CC2)ccc1C(=O)Nc1cccc2c1nc(NCCN(C)C(=O)OC(C)(C)C)n2C(=O)OC(C)(C)C. The van der Waals surface area contributed by atoms with Crippen molar-refractivity contribution < 1.29 is 42.9 Å². The van der Waals surface area contributed by atoms with E-state index in [1.165, 1.54) is 33.6 Å². The van der Waals surface area contributed by atoms with Crippen LogP contribution in [0.3, 0.4) is 0 Å². The number of anilines is 3. The number of methoxy groups -OCH3 is 1. The van der Waals surface area contributed by atoms with Crippen molar-refractivity contribution in [3.63, 3.8) is 0 Å². The minimum atomic E-state index is -0.822. The van der Waals surface area contributed by atoms with Crippen LogP contribution in [0.25, 0.3) is 11.0 Å². The summed E-state index contributed by atoms with van der Waals surface area (Å²) in [6, 6.07) is 15.2. The van der Waals surface area contributed by atoms with E-state index in [9.17, 15) is 24.0 Å². The monoisotopic (exact) mass is 898 g/mol. The first-order chi connectivity index (χ1) is 30.6. The summed E-state index contributed by atoms with van der Waals surface area (Å²) < 4.78 is 24.3. The molecule has 3 aromatic carbocycles. The number of rotatable bonds is 16. The Morgan fingerprint density at radius 1 is 0.831 bits per heavy atom. The Balaban J connectivity index is 1.27. The molecule has 1 saturated heterocycles. The average Bonchev–Trinajstić information content (AvgIpc) is 3.62. The molecule has 0 unspecified atom stereocenters. The van der Waals surface area contributed by atoms with E-state index in [-0.39, 0.29) is 47.7 Å². The highest BCUT2D eigenvalue weighted by atomic mass is 16.6. The number of para-hydroxylation sites is 1. The van der Waals surface area contributed by atoms with Gasteiger partial charge in [0.2, 0.25) is 11.9 Å². The van der Waals surface area contributed by atoms with Crippen LogP contribution in [0.5, 0.6) is 11.5 Å². The summed E-state index contributed by atoms with van der Waals surface area (Å²) in [6.45, 7) is 16.8. The molecule has 1 aliphatic rings. The largest absolute Gasteiger partial charge is 0.496 e. The van der Waals surface area contributed by atoms with Gasteiger partial charge in [0.15, 0.2) is 0 Å². The molecule has 0 saturated carbocycles. The molecular formula is C48H66N8O9. The Morgan fingerprint density at radius 2 is 1.54 bits per heavy atom. The van der Waals surface area contributed by atoms with E-state index in [1.54, 1.807) is 79.9 Å². The minimum absolute atomic E-state index is 0.144. The second kappa shape index (κ2) is 21.5. The summed E-state index contributed by atoms with van der Waals surface area (Å²) in [4.78, 5) is 78.5. The molecule has 1 aliphatic heterocycles. The zero-order chi connectivity index (χ0) is 47.6. The molecule has 352 valence electrons. The van der Waals surface area contributed by atoms with Crippen LogP contribution in [0.2, 0.25) is 0 Å². The van der Waals surface area contributed by atoms with Crippen LogP contribution in [-0.4, -0.2) is 139 Å². The lowest BCUT2D eigenvalue weighted by Gasteiger charge is -2.32. The lowest BCUT2D eigenvalue weighted by atomic mass is 10.1. The van der Waals surface area contributed by atoms with Gasteiger partial charge in [0, 0.05) is 65.3 Å². The number of hydrogen-bond acceptors (Lipinski definition) is 12. The zero-order valence-electron chi connectivity index (χ0n) is 39.8. The summed E-state index contributed by atoms with van der Waals surface area (Å²) in [6.07, 6.45) is 1.72. The number of piperazine rings is 1. The number of fused-ring (bicyclic) bond motifs is 1. The maximum Gasteiger partial charge on any atom is 0.421 e. The van der Waals surface area contributed by atoms with Crippen molar-refractivity contribution in [1.82, 2.24) is 24.3 Å². The molecule has 0 spiro atoms. The van der Waals surface area contributed by atoms with E-state index in [0.717, 1.165) is 51.0 Å². The Hall–Kier alpha value is -6.36. The van der Waals surface area contributed by atoms with Gasteiger partial charge in [0.05, 0.1) is 36.2 Å². The summed E-state index contributed by atoms with van der Waals surface area (Å²) in [5, 5.41) is 6.04. The summed E-state index contributed by atoms with van der Waals surface area (Å²) in [7, 11) is 6.76. The van der Waals surface area contributed by atoms with Crippen LogP contribution in [0.4, 0.5) is 26.9 Å². The quantitative estimate of drug-likeness (QED) is 0.105. The van der Waals surface area contributed by atoms with Crippen LogP contribution in [0.15, 0.2) is 54.6 Å². The fourth-order valence-corrected chi connectivity index (χ4v) is 7.05. The normalized spacial score (nSPS) is 13.2. The predicted molar refractivity (Wildman–Crippen MR) is 252 cm³/mol. The number of benzene rings is 3. The van der Waals surface area contributed by atoms with E-state index >= 15 is 0 Å². The number of aryl methyl sites for hydroxylation is 1. The smallest absolute Gasteiger partial charge is 0.421 e. The lowest BCUT2D eigenvalue weighted by Crippen LogP contribution is -2.47. The van der Waals surface area contributed by atoms with Gasteiger partial charge in [-0.05, 0) is 123 Å². The van der Waals surface area contributed by atoms with Crippen molar-refractivity contribution in [2.24, 2.45) is 0 Å². The highest BCUT2D eigenvalue weighted by Gasteiger charge is 2.27. The predicted octanol–water partition coefficient (Wildman–Crippen LogP) is 7.66. The molecule has 1 aromatic heterocycles. The number of carbonyl (C=O) groups is 5. The van der Waals surface area contributed by atoms with Gasteiger partial charge >= 0.3 is 12.2 Å². The van der Waals surface area contributed by atoms with Crippen LogP contribution < -0.4 is 25.0 Å². The Morgan fingerprint density at radius 3 is 2.22 bits per heavy atom. The molecule has 0 atom stereocenters. The molecule has 0 aliphatic carbocycles. The van der Waals surface area contributed by atoms with Crippen molar-refractivity contribution in [2.75, 3.05) is 89.7 Å². The van der Waals surface area contributed by atoms with Gasteiger partial charge in [-0.25, -0.2) is 19.1 Å². The van der Waals surface area contributed by atoms with Crippen molar-refractivity contribution in [3.05, 3.63) is 71.3 Å². The number of ether oxygens (including phenoxy) is 4. The Labute approximate surface area is 382 Å². The lowest BCUT2D eigenvalue weighted by molar-refractivity contribution is -0.132. The number of unbranched alkanes of at least 4 members (excludes halogenated alkanes) is 2. The van der Waals surface area contributed by atoms with E-state index < -0.39 is 29.3 Å². The molecule has 0 bridgehead atoms. The molecule has 4 aromatic rings. The second-order valence-electron chi connectivity index (χ2n) is 18.3. The van der Waals surface area contributed by atoms with Crippen molar-refractivity contribution in [1.29, 1.82) is 0 Å². The van der Waals surface area contributed by atoms with Crippen molar-refractivity contribution in [2.45, 2.75) is 85.4 Å². The van der Waals surface area contributed by atoms with E-state index in [2.05, 4.69) is 22.6 Å². The van der Waals surface area contributed by atoms with Crippen LogP contribution in [-0.2, 0) is 14.3 Å². The van der Waals surface area contributed by atoms with Crippen LogP contribution >= 0.6 is 0 Å². The van der Waals surface area contributed by atoms with Gasteiger partial charge in [0.1, 0.15) is 28.2 Å². The molecule has 0 radical (unpaired) electrons. The molecule has 4 amide bonds. The molecule has 1 fully saturated rings. The minimum Gasteiger partial charge on any atom is -0.496 e. The molecule has 65 heavy (non-hydrogen) atoms. The first kappa shape index (κ1) is 49.7. The number of aromatic nitrogens is 2. The third-order valence-corrected chi connectivity index (χ3v) is 10.6. The molecular weight excluding hydrogens is 833 g/mol. The highest BCUT2D eigenvalue weighted by Crippen LogP contribution is 2.33. The van der Waals surface area contributed by atoms with Crippen LogP contribution in [0, 0.1) is 6.92 Å². The zero-order valence-corrected chi connectivity index (χ0v) is 39.8. The van der Waals surface area contributed by atoms with E-state index in [4.69, 9.17) is 23.9 Å². The molecule has 5 rings (SSSR count). The van der Waals surface area contributed by atoms with Gasteiger partial charge in [-0.15, -0.1) is 0 Å². The second-order valence-corrected chi connectivity index (χ2v) is 18.3. The Bertz CT molecular complexity index is 2340. The maximum atomic E-state index is 14.0. The third kappa shape index (κ3) is 13.6. The third-order valence-electron chi connectivity index (χ3n) is 10.6. The standard InChI is InChI=1S/C48H66N8O9/c1-32-19-22-36(39(30-32)63-29-14-12-13-18-40(57)55-27-25-52(8)26-28-55)54(10)43(59)33-20-21-34(38(31-33)62-11)42(58)50-35-16-15-17-37-41(35)51-44(56(37)46(61)65-48(5,6)7)49-23-24-53(9)45(60)64-47(2,3)4/h15-17,19-22,30-31H,12-14,18,23-29H2,1-11H3,(H,49,51)(H,50,58). The van der Waals surface area contributed by atoms with Crippen LogP contribution in [0.1, 0.15) is 93.5 Å². The average molecular weight is 899 g/mol. The molecule has 17 heteroatoms. The topological polar surface area (TPSA) is 177 Å². The van der Waals surface area contributed by atoms with Gasteiger partial charge in [-0.1, -0.05) is 12.1 Å². The van der Waals surface area contributed by atoms with Gasteiger partial charge in [-0.2, -0.15) is 0 Å². The maximum absolute atomic E-state index is 14.0. The first-order valence-corrected chi connectivity index (χ1v) is 22.1. The summed E-state index contributed by atoms with van der Waals surface area (Å²) >= 11 is 0. The molecule has 2 N–H and O–H groups in total. The fourth-order valence-electron chi connectivity index (χ4n) is 7.05. The van der Waals surface area contributed by atoms with Crippen molar-refractivity contribution >= 4 is 58.3 Å². The number of likely N-dealkylation sites (N-methyl/N-ethyl adjacent to an activating group) is 2. The number of nitrogens with one attached hydrogen (secondary N) is 2. The summed E-state index contributed by atoms with van der Waals surface area (Å²) in [5.74, 6) is 0.185. The van der Waals surface area contributed by atoms with Crippen molar-refractivity contribution in [3.8, 4) is 11.5 Å². The number of imidazole rings is 1. The van der Waals surface area contributed by atoms with Gasteiger partial charge in [0.25, 0.3) is 11.8 Å². The fraction of sp³-hybridized carbons (Fsp3) is 0.500. The first-order valence-electron chi connectivity index (χ1n) is 22.1. The Kier molecular flexibility index (Phi) is 16.5. The molecule has 17 nitrogen and oxygen atoms in total. The number of nitrogens with zero attached hydrogens (tertiary/aromatic N) is 6. The number of carbonyl (C=O) groups excluding carboxylic acids is 5. The summed E-state index contributed by atoms with van der Waals surface area (Å²) in [5.41, 5.74) is 1.47. The highest BCUT2D eigenvalue weighted by molar-refractivity contribution is 6.12. The van der Waals surface area contributed by atoms with E-state index in [1.807, 2.05) is 30.0 Å². The van der Waals surface area contributed by atoms with E-state index in [0.29, 0.717) is 41.2 Å².